The highest BCUT2D eigenvalue weighted by Crippen LogP contribution is 2.47. The number of benzene rings is 3. The number of rotatable bonds is 5. The number of nitrogens with two attached hydrogens (primary N) is 1. The van der Waals surface area contributed by atoms with Crippen LogP contribution in [0, 0.1) is 0 Å². The van der Waals surface area contributed by atoms with Gasteiger partial charge in [-0.15, -0.1) is 5.10 Å². The average molecular weight is 468 g/mol. The number of urea groups is 1. The van der Waals surface area contributed by atoms with Gasteiger partial charge in [0.25, 0.3) is 0 Å². The normalized spacial score (nSPS) is 11.3. The standard InChI is InChI=1S/C22H15F3N6O3/c23-22(24,25)15-4-2-1-3-14(15)17-13(11-5-7-12(8-6-11)20(32)33)9-10-16(27-21(26)34)18(17)19-28-30-31-29-19/h1-10H,(H,32,33)(H3,26,27,34)(H,28,29,30,31). The molecule has 0 bridgehead atoms. The molecule has 12 heteroatoms. The van der Waals surface area contributed by atoms with Gasteiger partial charge in [0.1, 0.15) is 0 Å². The van der Waals surface area contributed by atoms with E-state index in [9.17, 15) is 27.9 Å². The first kappa shape index (κ1) is 22.5. The lowest BCUT2D eigenvalue weighted by atomic mass is 9.86. The number of primary amides is 1. The fourth-order valence-electron chi connectivity index (χ4n) is 3.61. The van der Waals surface area contributed by atoms with Gasteiger partial charge in [-0.2, -0.15) is 13.2 Å². The second kappa shape index (κ2) is 8.65. The number of anilines is 1. The molecule has 3 aromatic carbocycles. The maximum absolute atomic E-state index is 14.0. The highest BCUT2D eigenvalue weighted by Gasteiger charge is 2.35. The predicted octanol–water partition coefficient (Wildman–Crippen LogP) is 4.41. The van der Waals surface area contributed by atoms with E-state index in [1.807, 2.05) is 0 Å². The number of amides is 2. The molecule has 4 aromatic rings. The molecule has 0 aliphatic rings. The van der Waals surface area contributed by atoms with Crippen LogP contribution in [0.4, 0.5) is 23.7 Å². The summed E-state index contributed by atoms with van der Waals surface area (Å²) in [6.07, 6.45) is -4.70. The smallest absolute Gasteiger partial charge is 0.417 e. The summed E-state index contributed by atoms with van der Waals surface area (Å²) in [5.41, 5.74) is 5.10. The van der Waals surface area contributed by atoms with Crippen molar-refractivity contribution in [3.05, 3.63) is 71.8 Å². The minimum absolute atomic E-state index is 0.00710. The molecule has 5 N–H and O–H groups in total. The van der Waals surface area contributed by atoms with Crippen LogP contribution in [0.15, 0.2) is 60.7 Å². The van der Waals surface area contributed by atoms with Gasteiger partial charge in [-0.1, -0.05) is 36.4 Å². The van der Waals surface area contributed by atoms with Crippen LogP contribution in [0.2, 0.25) is 0 Å². The molecular formula is C22H15F3N6O3. The summed E-state index contributed by atoms with van der Waals surface area (Å²) in [6, 6.07) is 12.5. The first-order chi connectivity index (χ1) is 16.2. The van der Waals surface area contributed by atoms with Gasteiger partial charge in [-0.3, -0.25) is 0 Å². The summed E-state index contributed by atoms with van der Waals surface area (Å²) in [4.78, 5) is 22.9. The van der Waals surface area contributed by atoms with E-state index < -0.39 is 23.7 Å². The summed E-state index contributed by atoms with van der Waals surface area (Å²) < 4.78 is 42.0. The molecular weight excluding hydrogens is 453 g/mol. The van der Waals surface area contributed by atoms with E-state index in [1.54, 1.807) is 0 Å². The number of carbonyl (C=O) groups is 2. The van der Waals surface area contributed by atoms with Gasteiger partial charge < -0.3 is 16.2 Å². The van der Waals surface area contributed by atoms with Crippen molar-refractivity contribution in [1.82, 2.24) is 20.6 Å². The third kappa shape index (κ3) is 4.28. The maximum Gasteiger partial charge on any atom is 0.417 e. The number of aromatic nitrogens is 4. The van der Waals surface area contributed by atoms with Gasteiger partial charge in [-0.05, 0) is 51.4 Å². The number of halogens is 3. The first-order valence-corrected chi connectivity index (χ1v) is 9.64. The van der Waals surface area contributed by atoms with Crippen LogP contribution in [0.1, 0.15) is 15.9 Å². The van der Waals surface area contributed by atoms with Gasteiger partial charge in [0.05, 0.1) is 22.4 Å². The van der Waals surface area contributed by atoms with Crippen molar-refractivity contribution < 1.29 is 27.9 Å². The number of nitrogens with zero attached hydrogens (tertiary/aromatic N) is 3. The zero-order valence-corrected chi connectivity index (χ0v) is 17.1. The van der Waals surface area contributed by atoms with Crippen molar-refractivity contribution in [2.75, 3.05) is 5.32 Å². The minimum atomic E-state index is -4.70. The molecule has 0 fully saturated rings. The quantitative estimate of drug-likeness (QED) is 0.341. The van der Waals surface area contributed by atoms with Crippen LogP contribution >= 0.6 is 0 Å². The van der Waals surface area contributed by atoms with E-state index in [0.29, 0.717) is 11.1 Å². The lowest BCUT2D eigenvalue weighted by molar-refractivity contribution is -0.137. The molecule has 1 aromatic heterocycles. The van der Waals surface area contributed by atoms with Crippen LogP contribution < -0.4 is 11.1 Å². The predicted molar refractivity (Wildman–Crippen MR) is 116 cm³/mol. The topological polar surface area (TPSA) is 147 Å². The molecule has 1 heterocycles. The number of tetrazole rings is 1. The maximum atomic E-state index is 14.0. The number of H-pyrrole nitrogens is 1. The Morgan fingerprint density at radius 3 is 2.24 bits per heavy atom. The molecule has 0 saturated heterocycles. The van der Waals surface area contributed by atoms with Crippen molar-refractivity contribution in [2.24, 2.45) is 5.73 Å². The van der Waals surface area contributed by atoms with Crippen LogP contribution in [0.5, 0.6) is 0 Å². The molecule has 0 aliphatic carbocycles. The van der Waals surface area contributed by atoms with Gasteiger partial charge in [0, 0.05) is 5.56 Å². The lowest BCUT2D eigenvalue weighted by Crippen LogP contribution is -2.20. The van der Waals surface area contributed by atoms with Crippen LogP contribution in [0.3, 0.4) is 0 Å². The number of aromatic carboxylic acids is 1. The summed E-state index contributed by atoms with van der Waals surface area (Å²) >= 11 is 0. The van der Waals surface area contributed by atoms with E-state index >= 15 is 0 Å². The zero-order valence-electron chi connectivity index (χ0n) is 17.1. The Labute approximate surface area is 189 Å². The second-order valence-electron chi connectivity index (χ2n) is 7.08. The van der Waals surface area contributed by atoms with E-state index in [2.05, 4.69) is 25.9 Å². The Bertz CT molecular complexity index is 1370. The molecule has 0 aliphatic heterocycles. The van der Waals surface area contributed by atoms with E-state index in [1.165, 1.54) is 54.6 Å². The Hall–Kier alpha value is -4.74. The van der Waals surface area contributed by atoms with Gasteiger partial charge >= 0.3 is 18.2 Å². The Kier molecular flexibility index (Phi) is 5.72. The molecule has 4 rings (SSSR count). The van der Waals surface area contributed by atoms with Gasteiger partial charge in [-0.25, -0.2) is 14.7 Å². The Morgan fingerprint density at radius 1 is 0.941 bits per heavy atom. The molecule has 0 unspecified atom stereocenters. The number of carboxylic acid groups (broad SMARTS) is 1. The van der Waals surface area contributed by atoms with Crippen molar-refractivity contribution in [3.63, 3.8) is 0 Å². The van der Waals surface area contributed by atoms with Crippen molar-refractivity contribution in [1.29, 1.82) is 0 Å². The van der Waals surface area contributed by atoms with Gasteiger partial charge in [0.2, 0.25) is 0 Å². The summed E-state index contributed by atoms with van der Waals surface area (Å²) in [5.74, 6) is -1.16. The molecule has 0 radical (unpaired) electrons. The molecule has 2 amide bonds. The summed E-state index contributed by atoms with van der Waals surface area (Å²) in [7, 11) is 0. The third-order valence-electron chi connectivity index (χ3n) is 4.99. The third-order valence-corrected chi connectivity index (χ3v) is 4.99. The van der Waals surface area contributed by atoms with Crippen molar-refractivity contribution in [3.8, 4) is 33.6 Å². The number of hydrogen-bond donors (Lipinski definition) is 4. The Balaban J connectivity index is 2.11. The van der Waals surface area contributed by atoms with Crippen LogP contribution in [-0.4, -0.2) is 37.7 Å². The number of alkyl halides is 3. The number of nitrogens with one attached hydrogen (secondary N) is 2. The van der Waals surface area contributed by atoms with Crippen LogP contribution in [-0.2, 0) is 6.18 Å². The molecule has 0 atom stereocenters. The molecule has 9 nitrogen and oxygen atoms in total. The number of carbonyl (C=O) groups excluding carboxylic acids is 1. The molecule has 34 heavy (non-hydrogen) atoms. The number of hydrogen-bond acceptors (Lipinski definition) is 5. The van der Waals surface area contributed by atoms with E-state index in [0.717, 1.165) is 6.07 Å². The van der Waals surface area contributed by atoms with Gasteiger partial charge in [0.15, 0.2) is 5.82 Å². The highest BCUT2D eigenvalue weighted by molar-refractivity contribution is 6.03. The monoisotopic (exact) mass is 468 g/mol. The van der Waals surface area contributed by atoms with Crippen LogP contribution in [0.25, 0.3) is 33.6 Å². The largest absolute Gasteiger partial charge is 0.478 e. The molecule has 0 spiro atoms. The molecule has 172 valence electrons. The number of carboxylic acids is 1. The Morgan fingerprint density at radius 2 is 1.65 bits per heavy atom. The SMILES string of the molecule is NC(=O)Nc1ccc(-c2ccc(C(=O)O)cc2)c(-c2ccccc2C(F)(F)F)c1-c1nnn[nH]1. The fourth-order valence-corrected chi connectivity index (χ4v) is 3.61. The van der Waals surface area contributed by atoms with Crippen molar-refractivity contribution in [2.45, 2.75) is 6.18 Å². The highest BCUT2D eigenvalue weighted by atomic mass is 19.4. The lowest BCUT2D eigenvalue weighted by Gasteiger charge is -2.21. The van der Waals surface area contributed by atoms with E-state index in [4.69, 9.17) is 5.73 Å². The summed E-state index contributed by atoms with van der Waals surface area (Å²) in [6.45, 7) is 0. The number of aromatic amines is 1. The van der Waals surface area contributed by atoms with E-state index in [-0.39, 0.29) is 33.8 Å². The first-order valence-electron chi connectivity index (χ1n) is 9.64. The zero-order chi connectivity index (χ0) is 24.5. The fraction of sp³-hybridized carbons (Fsp3) is 0.0455. The second-order valence-corrected chi connectivity index (χ2v) is 7.08. The average Bonchev–Trinajstić information content (AvgIpc) is 3.32. The summed E-state index contributed by atoms with van der Waals surface area (Å²) in [5, 5.41) is 25.0. The molecule has 0 saturated carbocycles. The minimum Gasteiger partial charge on any atom is -0.478 e. The van der Waals surface area contributed by atoms with Crippen molar-refractivity contribution >= 4 is 17.7 Å².